The molecule has 2 rings (SSSR count). The summed E-state index contributed by atoms with van der Waals surface area (Å²) in [4.78, 5) is 6.65. The van der Waals surface area contributed by atoms with Crippen molar-refractivity contribution in [2.75, 3.05) is 38.8 Å². The van der Waals surface area contributed by atoms with Gasteiger partial charge in [0.05, 0.1) is 4.90 Å². The Kier molecular flexibility index (Phi) is 7.24. The molecule has 27 heavy (non-hydrogen) atoms. The van der Waals surface area contributed by atoms with Gasteiger partial charge >= 0.3 is 0 Å². The Morgan fingerprint density at radius 3 is 2.07 bits per heavy atom. The predicted molar refractivity (Wildman–Crippen MR) is 112 cm³/mol. The third-order valence-corrected chi connectivity index (χ3v) is 5.32. The summed E-state index contributed by atoms with van der Waals surface area (Å²) < 4.78 is 23.0. The summed E-state index contributed by atoms with van der Waals surface area (Å²) in [5.41, 5.74) is 3.42. The van der Waals surface area contributed by atoms with Crippen molar-refractivity contribution in [2.45, 2.75) is 17.9 Å². The number of anilines is 1. The van der Waals surface area contributed by atoms with Crippen LogP contribution in [0.2, 0.25) is 0 Å². The maximum Gasteiger partial charge on any atom is 0.191 e. The Hall–Kier alpha value is -2.54. The molecule has 0 bridgehead atoms. The van der Waals surface area contributed by atoms with Gasteiger partial charge in [-0.3, -0.25) is 4.99 Å². The van der Waals surface area contributed by atoms with Crippen LogP contribution in [0.1, 0.15) is 11.1 Å². The summed E-state index contributed by atoms with van der Waals surface area (Å²) in [5.74, 6) is 0.736. The van der Waals surface area contributed by atoms with Gasteiger partial charge in [-0.2, -0.15) is 0 Å². The van der Waals surface area contributed by atoms with Crippen molar-refractivity contribution in [3.8, 4) is 0 Å². The second kappa shape index (κ2) is 9.41. The fourth-order valence-corrected chi connectivity index (χ4v) is 3.18. The number of nitrogens with zero attached hydrogens (tertiary/aromatic N) is 2. The lowest BCUT2D eigenvalue weighted by molar-refractivity contribution is 0.602. The normalized spacial score (nSPS) is 11.9. The number of hydrogen-bond acceptors (Lipinski definition) is 4. The van der Waals surface area contributed by atoms with E-state index in [0.717, 1.165) is 17.9 Å². The first-order valence-corrected chi connectivity index (χ1v) is 10.7. The van der Waals surface area contributed by atoms with Crippen molar-refractivity contribution >= 4 is 21.5 Å². The molecule has 0 aromatic heterocycles. The lowest BCUT2D eigenvalue weighted by Crippen LogP contribution is -2.37. The minimum Gasteiger partial charge on any atom is -0.378 e. The van der Waals surface area contributed by atoms with Crippen LogP contribution < -0.4 is 15.5 Å². The van der Waals surface area contributed by atoms with Crippen molar-refractivity contribution in [2.24, 2.45) is 4.99 Å². The summed E-state index contributed by atoms with van der Waals surface area (Å²) in [6.07, 6.45) is 2.00. The van der Waals surface area contributed by atoms with E-state index in [0.29, 0.717) is 18.0 Å². The number of benzene rings is 2. The van der Waals surface area contributed by atoms with Crippen LogP contribution >= 0.6 is 0 Å². The van der Waals surface area contributed by atoms with E-state index in [1.807, 2.05) is 26.2 Å². The lowest BCUT2D eigenvalue weighted by atomic mass is 10.1. The monoisotopic (exact) mass is 388 g/mol. The fraction of sp³-hybridized carbons (Fsp3) is 0.350. The quantitative estimate of drug-likeness (QED) is 0.561. The molecule has 2 aromatic carbocycles. The second-order valence-electron chi connectivity index (χ2n) is 6.58. The van der Waals surface area contributed by atoms with Gasteiger partial charge in [0, 0.05) is 46.2 Å². The SMILES string of the molecule is CN=C(NCCc1ccc(S(C)(=O)=O)cc1)NCc1ccc(N(C)C)cc1. The summed E-state index contributed by atoms with van der Waals surface area (Å²) in [6.45, 7) is 1.40. The number of hydrogen-bond donors (Lipinski definition) is 2. The zero-order chi connectivity index (χ0) is 19.9. The van der Waals surface area contributed by atoms with Gasteiger partial charge in [0.2, 0.25) is 0 Å². The Morgan fingerprint density at radius 2 is 1.56 bits per heavy atom. The maximum absolute atomic E-state index is 11.5. The van der Waals surface area contributed by atoms with Crippen molar-refractivity contribution in [1.29, 1.82) is 0 Å². The highest BCUT2D eigenvalue weighted by Crippen LogP contribution is 2.12. The molecule has 0 fully saturated rings. The van der Waals surface area contributed by atoms with Crippen molar-refractivity contribution in [1.82, 2.24) is 10.6 Å². The van der Waals surface area contributed by atoms with Crippen molar-refractivity contribution in [3.63, 3.8) is 0 Å². The molecule has 0 amide bonds. The van der Waals surface area contributed by atoms with Gasteiger partial charge in [0.25, 0.3) is 0 Å². The minimum atomic E-state index is -3.15. The third kappa shape index (κ3) is 6.60. The van der Waals surface area contributed by atoms with Crippen LogP contribution in [0.4, 0.5) is 5.69 Å². The van der Waals surface area contributed by atoms with E-state index in [1.165, 1.54) is 17.5 Å². The molecule has 0 heterocycles. The summed E-state index contributed by atoms with van der Waals surface area (Å²) in [7, 11) is 2.64. The molecule has 0 aliphatic heterocycles. The Bertz CT molecular complexity index is 858. The standard InChI is InChI=1S/C20H28N4O2S/c1-21-20(23-15-17-5-9-18(10-6-17)24(2)3)22-14-13-16-7-11-19(12-8-16)27(4,25)26/h5-12H,13-15H2,1-4H3,(H2,21,22,23). The molecular formula is C20H28N4O2S. The topological polar surface area (TPSA) is 73.8 Å². The summed E-state index contributed by atoms with van der Waals surface area (Å²) in [5, 5.41) is 6.57. The second-order valence-corrected chi connectivity index (χ2v) is 8.60. The van der Waals surface area contributed by atoms with E-state index in [4.69, 9.17) is 0 Å². The van der Waals surface area contributed by atoms with E-state index in [-0.39, 0.29) is 0 Å². The van der Waals surface area contributed by atoms with Gasteiger partial charge in [0.1, 0.15) is 0 Å². The van der Waals surface area contributed by atoms with Crippen LogP contribution in [-0.4, -0.2) is 48.3 Å². The van der Waals surface area contributed by atoms with Crippen molar-refractivity contribution < 1.29 is 8.42 Å². The maximum atomic E-state index is 11.5. The van der Waals surface area contributed by atoms with Gasteiger partial charge in [0.15, 0.2) is 15.8 Å². The molecule has 0 aliphatic carbocycles. The molecule has 0 aliphatic rings. The molecule has 0 atom stereocenters. The van der Waals surface area contributed by atoms with Crippen LogP contribution in [0.5, 0.6) is 0 Å². The fourth-order valence-electron chi connectivity index (χ4n) is 2.55. The first-order chi connectivity index (χ1) is 12.8. The molecule has 0 saturated carbocycles. The number of aliphatic imine (C=N–C) groups is 1. The van der Waals surface area contributed by atoms with Crippen LogP contribution in [0.3, 0.4) is 0 Å². The first kappa shape index (κ1) is 20.8. The number of guanidine groups is 1. The van der Waals surface area contributed by atoms with Crippen LogP contribution in [0.15, 0.2) is 58.4 Å². The minimum absolute atomic E-state index is 0.344. The Morgan fingerprint density at radius 1 is 0.963 bits per heavy atom. The molecule has 2 N–H and O–H groups in total. The Labute approximate surface area is 162 Å². The molecule has 2 aromatic rings. The summed E-state index contributed by atoms with van der Waals surface area (Å²) in [6, 6.07) is 15.4. The largest absolute Gasteiger partial charge is 0.378 e. The smallest absolute Gasteiger partial charge is 0.191 e. The van der Waals surface area contributed by atoms with E-state index >= 15 is 0 Å². The molecule has 0 spiro atoms. The molecule has 6 nitrogen and oxygen atoms in total. The zero-order valence-corrected chi connectivity index (χ0v) is 17.2. The van der Waals surface area contributed by atoms with Gasteiger partial charge in [-0.25, -0.2) is 8.42 Å². The molecule has 7 heteroatoms. The molecule has 0 unspecified atom stereocenters. The molecular weight excluding hydrogens is 360 g/mol. The molecule has 0 radical (unpaired) electrons. The highest BCUT2D eigenvalue weighted by molar-refractivity contribution is 7.90. The van der Waals surface area contributed by atoms with E-state index in [9.17, 15) is 8.42 Å². The van der Waals surface area contributed by atoms with E-state index in [1.54, 1.807) is 19.2 Å². The highest BCUT2D eigenvalue weighted by Gasteiger charge is 2.06. The van der Waals surface area contributed by atoms with E-state index < -0.39 is 9.84 Å². The first-order valence-electron chi connectivity index (χ1n) is 8.79. The summed E-state index contributed by atoms with van der Waals surface area (Å²) >= 11 is 0. The average Bonchev–Trinajstić information content (AvgIpc) is 2.64. The predicted octanol–water partition coefficient (Wildman–Crippen LogP) is 2.06. The Balaban J connectivity index is 1.80. The number of rotatable bonds is 7. The molecule has 0 saturated heterocycles. The number of sulfone groups is 1. The highest BCUT2D eigenvalue weighted by atomic mass is 32.2. The third-order valence-electron chi connectivity index (χ3n) is 4.19. The van der Waals surface area contributed by atoms with Crippen molar-refractivity contribution in [3.05, 3.63) is 59.7 Å². The van der Waals surface area contributed by atoms with Gasteiger partial charge < -0.3 is 15.5 Å². The molecule has 146 valence electrons. The van der Waals surface area contributed by atoms with Gasteiger partial charge in [-0.15, -0.1) is 0 Å². The average molecular weight is 389 g/mol. The van der Waals surface area contributed by atoms with Gasteiger partial charge in [-0.05, 0) is 41.8 Å². The number of nitrogens with one attached hydrogen (secondary N) is 2. The van der Waals surface area contributed by atoms with Gasteiger partial charge in [-0.1, -0.05) is 24.3 Å². The van der Waals surface area contributed by atoms with E-state index in [2.05, 4.69) is 44.8 Å². The van der Waals surface area contributed by atoms with Crippen LogP contribution in [-0.2, 0) is 22.8 Å². The zero-order valence-electron chi connectivity index (χ0n) is 16.4. The lowest BCUT2D eigenvalue weighted by Gasteiger charge is -2.14. The van der Waals surface area contributed by atoms with Crippen LogP contribution in [0, 0.1) is 0 Å². The van der Waals surface area contributed by atoms with Crippen LogP contribution in [0.25, 0.3) is 0 Å².